The molecule has 140 valence electrons. The van der Waals surface area contributed by atoms with Gasteiger partial charge in [0.2, 0.25) is 10.0 Å². The predicted octanol–water partition coefficient (Wildman–Crippen LogP) is 2.13. The molecule has 3 rings (SSSR count). The van der Waals surface area contributed by atoms with E-state index < -0.39 is 10.0 Å². The molecule has 1 amide bonds. The van der Waals surface area contributed by atoms with E-state index >= 15 is 0 Å². The van der Waals surface area contributed by atoms with E-state index in [1.807, 2.05) is 0 Å². The Morgan fingerprint density at radius 1 is 1.42 bits per heavy atom. The van der Waals surface area contributed by atoms with Crippen LogP contribution in [0.15, 0.2) is 35.8 Å². The average Bonchev–Trinajstić information content (AvgIpc) is 2.93. The number of benzene rings is 1. The van der Waals surface area contributed by atoms with Gasteiger partial charge >= 0.3 is 0 Å². The summed E-state index contributed by atoms with van der Waals surface area (Å²) >= 11 is 1.26. The largest absolute Gasteiger partial charge is 0.310 e. The minimum Gasteiger partial charge on any atom is -0.310 e. The van der Waals surface area contributed by atoms with Crippen molar-refractivity contribution in [3.8, 4) is 0 Å². The minimum absolute atomic E-state index is 0.289. The van der Waals surface area contributed by atoms with Gasteiger partial charge in [0.1, 0.15) is 5.82 Å². The van der Waals surface area contributed by atoms with Gasteiger partial charge in [-0.05, 0) is 25.0 Å². The number of carbonyl (C=O) groups excluding carboxylic acids is 1. The lowest BCUT2D eigenvalue weighted by Gasteiger charge is -2.28. The van der Waals surface area contributed by atoms with Crippen LogP contribution >= 0.6 is 11.3 Å². The predicted molar refractivity (Wildman–Crippen MR) is 99.7 cm³/mol. The Balaban J connectivity index is 1.90. The van der Waals surface area contributed by atoms with E-state index in [1.54, 1.807) is 22.8 Å². The summed E-state index contributed by atoms with van der Waals surface area (Å²) in [6.07, 6.45) is 3.68. The summed E-state index contributed by atoms with van der Waals surface area (Å²) in [5.41, 5.74) is 0.413. The Morgan fingerprint density at radius 2 is 2.12 bits per heavy atom. The zero-order valence-electron chi connectivity index (χ0n) is 14.4. The molecule has 2 heterocycles. The molecule has 1 aliphatic heterocycles. The Morgan fingerprint density at radius 3 is 2.73 bits per heavy atom. The molecule has 1 aromatic heterocycles. The third-order valence-corrected chi connectivity index (χ3v) is 6.79. The summed E-state index contributed by atoms with van der Waals surface area (Å²) in [6, 6.07) is 4.79. The maximum absolute atomic E-state index is 14.2. The van der Waals surface area contributed by atoms with Crippen LogP contribution in [0.1, 0.15) is 12.8 Å². The summed E-state index contributed by atoms with van der Waals surface area (Å²) in [5, 5.41) is 0. The van der Waals surface area contributed by atoms with Crippen molar-refractivity contribution in [3.05, 3.63) is 41.5 Å². The van der Waals surface area contributed by atoms with Gasteiger partial charge in [0.15, 0.2) is 4.80 Å². The lowest BCUT2D eigenvalue weighted by atomic mass is 9.98. The molecule has 0 bridgehead atoms. The lowest BCUT2D eigenvalue weighted by Crippen LogP contribution is -2.39. The van der Waals surface area contributed by atoms with E-state index in [2.05, 4.69) is 11.6 Å². The zero-order valence-corrected chi connectivity index (χ0v) is 16.0. The number of para-hydroxylation sites is 1. The first-order chi connectivity index (χ1) is 12.3. The van der Waals surface area contributed by atoms with Crippen molar-refractivity contribution in [3.63, 3.8) is 0 Å². The molecule has 1 aromatic carbocycles. The van der Waals surface area contributed by atoms with Crippen LogP contribution in [0.25, 0.3) is 10.2 Å². The molecular formula is C17H20FN3O3S2. The van der Waals surface area contributed by atoms with E-state index in [4.69, 9.17) is 0 Å². The fourth-order valence-corrected chi connectivity index (χ4v) is 5.02. The van der Waals surface area contributed by atoms with Crippen molar-refractivity contribution >= 4 is 37.5 Å². The van der Waals surface area contributed by atoms with Gasteiger partial charge in [-0.15, -0.1) is 6.58 Å². The number of fused-ring (bicyclic) bond motifs is 1. The van der Waals surface area contributed by atoms with Crippen molar-refractivity contribution in [1.82, 2.24) is 8.87 Å². The second-order valence-electron chi connectivity index (χ2n) is 6.26. The summed E-state index contributed by atoms with van der Waals surface area (Å²) in [6.45, 7) is 4.67. The molecule has 1 aliphatic rings. The van der Waals surface area contributed by atoms with Crippen LogP contribution in [0, 0.1) is 11.7 Å². The number of piperidine rings is 1. The highest BCUT2D eigenvalue weighted by molar-refractivity contribution is 7.88. The normalized spacial score (nSPS) is 17.7. The number of hydrogen-bond acceptors (Lipinski definition) is 4. The summed E-state index contributed by atoms with van der Waals surface area (Å²) in [5.74, 6) is -0.973. The topological polar surface area (TPSA) is 71.7 Å². The third kappa shape index (κ3) is 3.79. The molecular weight excluding hydrogens is 377 g/mol. The molecule has 1 fully saturated rings. The standard InChI is InChI=1S/C17H20FN3O3S2/c1-3-9-21-15-13(18)5-4-6-14(15)25-17(21)19-16(22)12-7-10-20(11-8-12)26(2,23)24/h3-6,12H,1,7-11H2,2H3. The van der Waals surface area contributed by atoms with Crippen LogP contribution < -0.4 is 4.80 Å². The number of aromatic nitrogens is 1. The molecule has 6 nitrogen and oxygen atoms in total. The first kappa shape index (κ1) is 18.9. The Bertz CT molecular complexity index is 1020. The maximum Gasteiger partial charge on any atom is 0.251 e. The Hall–Kier alpha value is -1.84. The van der Waals surface area contributed by atoms with Gasteiger partial charge in [0, 0.05) is 25.6 Å². The monoisotopic (exact) mass is 397 g/mol. The Labute approximate surface area is 155 Å². The molecule has 2 aromatic rings. The molecule has 0 spiro atoms. The number of sulfonamides is 1. The van der Waals surface area contributed by atoms with E-state index in [-0.39, 0.29) is 17.6 Å². The molecule has 0 unspecified atom stereocenters. The second-order valence-corrected chi connectivity index (χ2v) is 9.25. The van der Waals surface area contributed by atoms with Gasteiger partial charge in [-0.25, -0.2) is 17.1 Å². The summed E-state index contributed by atoms with van der Waals surface area (Å²) in [4.78, 5) is 17.2. The molecule has 1 saturated heterocycles. The van der Waals surface area contributed by atoms with E-state index in [1.165, 1.54) is 28.0 Å². The smallest absolute Gasteiger partial charge is 0.251 e. The molecule has 9 heteroatoms. The van der Waals surface area contributed by atoms with E-state index in [0.29, 0.717) is 47.5 Å². The van der Waals surface area contributed by atoms with Crippen LogP contribution in [0.4, 0.5) is 4.39 Å². The molecule has 26 heavy (non-hydrogen) atoms. The highest BCUT2D eigenvalue weighted by atomic mass is 32.2. The maximum atomic E-state index is 14.2. The number of rotatable bonds is 4. The molecule has 0 saturated carbocycles. The van der Waals surface area contributed by atoms with Crippen molar-refractivity contribution in [2.45, 2.75) is 19.4 Å². The zero-order chi connectivity index (χ0) is 18.9. The highest BCUT2D eigenvalue weighted by Gasteiger charge is 2.29. The van der Waals surface area contributed by atoms with Crippen LogP contribution in [-0.4, -0.2) is 42.5 Å². The first-order valence-electron chi connectivity index (χ1n) is 8.23. The molecule has 0 N–H and O–H groups in total. The fourth-order valence-electron chi connectivity index (χ4n) is 3.09. The van der Waals surface area contributed by atoms with Crippen LogP contribution in [0.5, 0.6) is 0 Å². The number of halogens is 1. The van der Waals surface area contributed by atoms with Gasteiger partial charge in [0.05, 0.1) is 16.5 Å². The van der Waals surface area contributed by atoms with Crippen molar-refractivity contribution in [2.75, 3.05) is 19.3 Å². The van der Waals surface area contributed by atoms with Crippen molar-refractivity contribution in [2.24, 2.45) is 10.9 Å². The number of nitrogens with zero attached hydrogens (tertiary/aromatic N) is 3. The van der Waals surface area contributed by atoms with Crippen LogP contribution in [0.3, 0.4) is 0 Å². The van der Waals surface area contributed by atoms with Crippen molar-refractivity contribution in [1.29, 1.82) is 0 Å². The minimum atomic E-state index is -3.23. The second kappa shape index (κ2) is 7.42. The number of thiazole rings is 1. The summed E-state index contributed by atoms with van der Waals surface area (Å²) in [7, 11) is -3.23. The average molecular weight is 397 g/mol. The van der Waals surface area contributed by atoms with Gasteiger partial charge in [-0.1, -0.05) is 23.5 Å². The van der Waals surface area contributed by atoms with Crippen molar-refractivity contribution < 1.29 is 17.6 Å². The fraction of sp³-hybridized carbons (Fsp3) is 0.412. The lowest BCUT2D eigenvalue weighted by molar-refractivity contribution is -0.122. The highest BCUT2D eigenvalue weighted by Crippen LogP contribution is 2.22. The quantitative estimate of drug-likeness (QED) is 0.742. The van der Waals surface area contributed by atoms with Gasteiger partial charge < -0.3 is 4.57 Å². The van der Waals surface area contributed by atoms with E-state index in [9.17, 15) is 17.6 Å². The molecule has 0 radical (unpaired) electrons. The van der Waals surface area contributed by atoms with Gasteiger partial charge in [-0.3, -0.25) is 4.79 Å². The number of allylic oxidation sites excluding steroid dienone is 1. The third-order valence-electron chi connectivity index (χ3n) is 4.44. The molecule has 0 atom stereocenters. The number of carbonyl (C=O) groups is 1. The number of amides is 1. The van der Waals surface area contributed by atoms with Crippen LogP contribution in [0.2, 0.25) is 0 Å². The summed E-state index contributed by atoms with van der Waals surface area (Å²) < 4.78 is 41.1. The van der Waals surface area contributed by atoms with Crippen LogP contribution in [-0.2, 0) is 21.4 Å². The SMILES string of the molecule is C=CCn1c(=NC(=O)C2CCN(S(C)(=O)=O)CC2)sc2cccc(F)c21. The van der Waals surface area contributed by atoms with Gasteiger partial charge in [-0.2, -0.15) is 4.99 Å². The molecule has 0 aliphatic carbocycles. The van der Waals surface area contributed by atoms with E-state index in [0.717, 1.165) is 0 Å². The first-order valence-corrected chi connectivity index (χ1v) is 10.9. The number of hydrogen-bond donors (Lipinski definition) is 0. The van der Waals surface area contributed by atoms with Gasteiger partial charge in [0.25, 0.3) is 5.91 Å². The Kier molecular flexibility index (Phi) is 5.40.